The first-order valence-electron chi connectivity index (χ1n) is 8.54. The van der Waals surface area contributed by atoms with E-state index in [1.807, 2.05) is 12.1 Å². The molecule has 3 heteroatoms. The lowest BCUT2D eigenvalue weighted by Gasteiger charge is -2.65. The highest BCUT2D eigenvalue weighted by Crippen LogP contribution is 2.63. The Balaban J connectivity index is 1.97. The van der Waals surface area contributed by atoms with E-state index >= 15 is 0 Å². The number of carbonyl (C=O) groups excluding carboxylic acids is 1. The summed E-state index contributed by atoms with van der Waals surface area (Å²) in [7, 11) is 2.25. The molecule has 0 amide bonds. The molecule has 1 saturated carbocycles. The van der Waals surface area contributed by atoms with E-state index in [2.05, 4.69) is 18.9 Å². The van der Waals surface area contributed by atoms with Crippen molar-refractivity contribution in [2.24, 2.45) is 5.41 Å². The van der Waals surface area contributed by atoms with Crippen LogP contribution in [0.1, 0.15) is 60.5 Å². The molecule has 0 spiro atoms. The maximum atomic E-state index is 11.2. The first-order valence-corrected chi connectivity index (χ1v) is 8.54. The number of hydrogen-bond donors (Lipinski definition) is 1. The van der Waals surface area contributed by atoms with Crippen LogP contribution in [0, 0.1) is 5.41 Å². The molecule has 1 aromatic carbocycles. The van der Waals surface area contributed by atoms with E-state index in [9.17, 15) is 9.90 Å². The number of likely N-dealkylation sites (tertiary alicyclic amines) is 1. The number of aromatic hydroxyl groups is 1. The van der Waals surface area contributed by atoms with Gasteiger partial charge in [-0.25, -0.2) is 0 Å². The lowest BCUT2D eigenvalue weighted by molar-refractivity contribution is -0.0736. The van der Waals surface area contributed by atoms with Crippen molar-refractivity contribution in [2.45, 2.75) is 56.9 Å². The lowest BCUT2D eigenvalue weighted by Crippen LogP contribution is -2.66. The quantitative estimate of drug-likeness (QED) is 0.809. The highest BCUT2D eigenvalue weighted by molar-refractivity contribution is 5.80. The number of likely N-dealkylation sites (N-methyl/N-ethyl adjacent to an activating group) is 1. The fourth-order valence-corrected chi connectivity index (χ4v) is 5.88. The molecular formula is C19H25NO2. The average Bonchev–Trinajstić information content (AvgIpc) is 2.51. The van der Waals surface area contributed by atoms with Gasteiger partial charge in [0.15, 0.2) is 6.29 Å². The third-order valence-corrected chi connectivity index (χ3v) is 7.11. The van der Waals surface area contributed by atoms with Gasteiger partial charge in [-0.1, -0.05) is 19.8 Å². The van der Waals surface area contributed by atoms with Crippen molar-refractivity contribution in [3.8, 4) is 5.75 Å². The molecule has 0 radical (unpaired) electrons. The third kappa shape index (κ3) is 1.58. The average molecular weight is 299 g/mol. The molecule has 22 heavy (non-hydrogen) atoms. The van der Waals surface area contributed by atoms with Crippen molar-refractivity contribution in [3.05, 3.63) is 28.8 Å². The van der Waals surface area contributed by atoms with E-state index in [1.165, 1.54) is 43.2 Å². The molecule has 0 aromatic heterocycles. The second-order valence-corrected chi connectivity index (χ2v) is 7.84. The van der Waals surface area contributed by atoms with E-state index in [-0.39, 0.29) is 11.2 Å². The summed E-state index contributed by atoms with van der Waals surface area (Å²) < 4.78 is 0. The Kier molecular flexibility index (Phi) is 2.96. The van der Waals surface area contributed by atoms with Crippen molar-refractivity contribution in [1.82, 2.24) is 4.90 Å². The summed E-state index contributed by atoms with van der Waals surface area (Å²) in [6, 6.07) is 4.42. The third-order valence-electron chi connectivity index (χ3n) is 7.11. The fraction of sp³-hybridized carbons (Fsp3) is 0.632. The van der Waals surface area contributed by atoms with Crippen LogP contribution in [-0.4, -0.2) is 35.9 Å². The van der Waals surface area contributed by atoms with E-state index in [1.54, 1.807) is 0 Å². The Morgan fingerprint density at radius 1 is 1.27 bits per heavy atom. The second-order valence-electron chi connectivity index (χ2n) is 7.84. The van der Waals surface area contributed by atoms with Crippen LogP contribution in [0.2, 0.25) is 0 Å². The minimum absolute atomic E-state index is 0.161. The molecule has 3 atom stereocenters. The molecule has 1 aliphatic heterocycles. The van der Waals surface area contributed by atoms with Crippen molar-refractivity contribution >= 4 is 6.29 Å². The molecule has 1 saturated heterocycles. The number of phenolic OH excluding ortho intramolecular Hbond substituents is 1. The van der Waals surface area contributed by atoms with Crippen LogP contribution >= 0.6 is 0 Å². The number of rotatable bonds is 1. The molecular weight excluding hydrogens is 274 g/mol. The Labute approximate surface area is 132 Å². The Morgan fingerprint density at radius 3 is 2.82 bits per heavy atom. The zero-order valence-corrected chi connectivity index (χ0v) is 13.6. The van der Waals surface area contributed by atoms with Gasteiger partial charge in [0.05, 0.1) is 5.56 Å². The van der Waals surface area contributed by atoms with Crippen molar-refractivity contribution < 1.29 is 9.90 Å². The van der Waals surface area contributed by atoms with Gasteiger partial charge in [-0.2, -0.15) is 0 Å². The van der Waals surface area contributed by atoms with Crippen LogP contribution in [0.5, 0.6) is 5.75 Å². The maximum Gasteiger partial charge on any atom is 0.153 e. The minimum atomic E-state index is 0.161. The Morgan fingerprint density at radius 2 is 2.05 bits per heavy atom. The van der Waals surface area contributed by atoms with Crippen molar-refractivity contribution in [1.29, 1.82) is 0 Å². The van der Waals surface area contributed by atoms with E-state index in [4.69, 9.17) is 0 Å². The largest absolute Gasteiger partial charge is 0.507 e. The predicted octanol–water partition coefficient (Wildman–Crippen LogP) is 3.28. The summed E-state index contributed by atoms with van der Waals surface area (Å²) in [5.74, 6) is 0.161. The number of hydrogen-bond acceptors (Lipinski definition) is 3. The van der Waals surface area contributed by atoms with Crippen LogP contribution in [0.25, 0.3) is 0 Å². The molecule has 1 N–H and O–H groups in total. The van der Waals surface area contributed by atoms with Crippen molar-refractivity contribution in [3.63, 3.8) is 0 Å². The number of piperidine rings is 1. The Bertz CT molecular complexity index is 641. The van der Waals surface area contributed by atoms with Gasteiger partial charge < -0.3 is 10.0 Å². The van der Waals surface area contributed by atoms with Crippen LogP contribution in [-0.2, 0) is 11.8 Å². The molecule has 118 valence electrons. The number of carbonyl (C=O) groups is 1. The first-order chi connectivity index (χ1) is 10.5. The van der Waals surface area contributed by atoms with Crippen LogP contribution in [0.4, 0.5) is 0 Å². The van der Waals surface area contributed by atoms with Crippen LogP contribution < -0.4 is 0 Å². The SMILES string of the molecule is CN1CC[C@@]23CCCC[C@]2(C)[C@@H]1Cc1cc(C=O)c(O)cc13. The van der Waals surface area contributed by atoms with Crippen LogP contribution in [0.3, 0.4) is 0 Å². The maximum absolute atomic E-state index is 11.2. The topological polar surface area (TPSA) is 40.5 Å². The summed E-state index contributed by atoms with van der Waals surface area (Å²) in [4.78, 5) is 13.7. The van der Waals surface area contributed by atoms with Gasteiger partial charge in [-0.15, -0.1) is 0 Å². The molecule has 1 heterocycles. The molecule has 3 aliphatic rings. The highest BCUT2D eigenvalue weighted by atomic mass is 16.3. The molecule has 2 aliphatic carbocycles. The molecule has 1 aromatic rings. The summed E-state index contributed by atoms with van der Waals surface area (Å²) in [5, 5.41) is 10.2. The van der Waals surface area contributed by atoms with Gasteiger partial charge in [0.2, 0.25) is 0 Å². The fourth-order valence-electron chi connectivity index (χ4n) is 5.88. The molecule has 2 bridgehead atoms. The van der Waals surface area contributed by atoms with Gasteiger partial charge in [0.25, 0.3) is 0 Å². The standard InChI is InChI=1S/C19H25NO2/c1-18-5-3-4-6-19(18)7-8-20(2)17(18)10-13-9-14(12-21)16(22)11-15(13)19/h9,11-12,17,22H,3-8,10H2,1-2H3/t17-,18+,19+/m0/s1. The minimum Gasteiger partial charge on any atom is -0.507 e. The predicted molar refractivity (Wildman–Crippen MR) is 86.5 cm³/mol. The van der Waals surface area contributed by atoms with Crippen LogP contribution in [0.15, 0.2) is 12.1 Å². The summed E-state index contributed by atoms with van der Waals surface area (Å²) in [6.45, 7) is 3.61. The molecule has 4 rings (SSSR count). The zero-order chi connectivity index (χ0) is 15.5. The molecule has 2 fully saturated rings. The van der Waals surface area contributed by atoms with E-state index < -0.39 is 0 Å². The number of nitrogens with zero attached hydrogens (tertiary/aromatic N) is 1. The van der Waals surface area contributed by atoms with Gasteiger partial charge in [0, 0.05) is 11.5 Å². The molecule has 0 unspecified atom stereocenters. The number of benzene rings is 1. The number of phenols is 1. The van der Waals surface area contributed by atoms with Crippen molar-refractivity contribution in [2.75, 3.05) is 13.6 Å². The smallest absolute Gasteiger partial charge is 0.153 e. The van der Waals surface area contributed by atoms with Gasteiger partial charge in [-0.05, 0) is 68.0 Å². The van der Waals surface area contributed by atoms with Gasteiger partial charge >= 0.3 is 0 Å². The summed E-state index contributed by atoms with van der Waals surface area (Å²) >= 11 is 0. The normalized spacial score (nSPS) is 37.3. The summed E-state index contributed by atoms with van der Waals surface area (Å²) in [6.07, 6.45) is 8.05. The first kappa shape index (κ1) is 14.3. The molecule has 3 nitrogen and oxygen atoms in total. The monoisotopic (exact) mass is 299 g/mol. The second kappa shape index (κ2) is 4.58. The number of fused-ring (bicyclic) bond motifs is 1. The zero-order valence-electron chi connectivity index (χ0n) is 13.6. The van der Waals surface area contributed by atoms with E-state index in [0.717, 1.165) is 19.3 Å². The Hall–Kier alpha value is -1.35. The highest BCUT2D eigenvalue weighted by Gasteiger charge is 2.60. The van der Waals surface area contributed by atoms with E-state index in [0.29, 0.717) is 17.0 Å². The number of aldehydes is 1. The van der Waals surface area contributed by atoms with Gasteiger partial charge in [-0.3, -0.25) is 4.79 Å². The lowest BCUT2D eigenvalue weighted by atomic mass is 9.44. The summed E-state index contributed by atoms with van der Waals surface area (Å²) in [5.41, 5.74) is 3.54. The van der Waals surface area contributed by atoms with Gasteiger partial charge in [0.1, 0.15) is 5.75 Å².